The van der Waals surface area contributed by atoms with E-state index < -0.39 is 12.0 Å². The Labute approximate surface area is 148 Å². The maximum absolute atomic E-state index is 12.6. The highest BCUT2D eigenvalue weighted by atomic mass is 16.5. The lowest BCUT2D eigenvalue weighted by atomic mass is 10.1. The van der Waals surface area contributed by atoms with E-state index in [1.807, 2.05) is 44.2 Å². The summed E-state index contributed by atoms with van der Waals surface area (Å²) in [5.41, 5.74) is 0.886. The highest BCUT2D eigenvalue weighted by Gasteiger charge is 2.34. The molecule has 1 heterocycles. The predicted molar refractivity (Wildman–Crippen MR) is 93.7 cm³/mol. The smallest absolute Gasteiger partial charge is 0.308 e. The third kappa shape index (κ3) is 5.89. The molecular weight excluding hydrogens is 320 g/mol. The van der Waals surface area contributed by atoms with E-state index in [9.17, 15) is 14.4 Å². The predicted octanol–water partition coefficient (Wildman–Crippen LogP) is 1.54. The van der Waals surface area contributed by atoms with Gasteiger partial charge in [-0.15, -0.1) is 0 Å². The Morgan fingerprint density at radius 2 is 2.00 bits per heavy atom. The number of carbonyl (C=O) groups is 3. The molecule has 1 aliphatic rings. The Hall–Kier alpha value is -2.37. The number of esters is 1. The van der Waals surface area contributed by atoms with Gasteiger partial charge in [0, 0.05) is 13.1 Å². The van der Waals surface area contributed by atoms with E-state index in [2.05, 4.69) is 5.32 Å². The number of hydrogen-bond acceptors (Lipinski definition) is 4. The molecule has 2 rings (SSSR count). The fourth-order valence-electron chi connectivity index (χ4n) is 2.71. The minimum Gasteiger partial charge on any atom is -0.466 e. The van der Waals surface area contributed by atoms with Gasteiger partial charge in [0.05, 0.1) is 19.4 Å². The van der Waals surface area contributed by atoms with Gasteiger partial charge in [0.15, 0.2) is 0 Å². The summed E-state index contributed by atoms with van der Waals surface area (Å²) in [5.74, 6) is -0.454. The number of nitrogens with one attached hydrogen (secondary N) is 1. The maximum Gasteiger partial charge on any atom is 0.308 e. The Balaban J connectivity index is 1.96. The Kier molecular flexibility index (Phi) is 6.98. The van der Waals surface area contributed by atoms with Crippen molar-refractivity contribution in [2.24, 2.45) is 5.92 Å². The monoisotopic (exact) mass is 346 g/mol. The molecule has 1 aromatic rings. The largest absolute Gasteiger partial charge is 0.466 e. The van der Waals surface area contributed by atoms with E-state index in [1.165, 1.54) is 4.90 Å². The fraction of sp³-hybridized carbons (Fsp3) is 0.526. The second-order valence-corrected chi connectivity index (χ2v) is 6.66. The number of rotatable bonds is 7. The second-order valence-electron chi connectivity index (χ2n) is 6.66. The molecule has 1 aliphatic heterocycles. The van der Waals surface area contributed by atoms with Crippen molar-refractivity contribution in [3.8, 4) is 0 Å². The van der Waals surface area contributed by atoms with Gasteiger partial charge in [-0.25, -0.2) is 0 Å². The number of ether oxygens (including phenoxy) is 1. The average molecular weight is 346 g/mol. The third-order valence-corrected chi connectivity index (χ3v) is 4.17. The van der Waals surface area contributed by atoms with Crippen LogP contribution in [0, 0.1) is 5.92 Å². The van der Waals surface area contributed by atoms with E-state index in [0.29, 0.717) is 25.6 Å². The normalized spacial score (nSPS) is 17.3. The van der Waals surface area contributed by atoms with Crippen LogP contribution >= 0.6 is 0 Å². The average Bonchev–Trinajstić information content (AvgIpc) is 2.57. The first-order valence-electron chi connectivity index (χ1n) is 8.74. The van der Waals surface area contributed by atoms with Crippen LogP contribution in [-0.4, -0.2) is 48.4 Å². The molecule has 0 saturated carbocycles. The highest BCUT2D eigenvalue weighted by molar-refractivity contribution is 5.92. The molecule has 1 saturated heterocycles. The first-order valence-corrected chi connectivity index (χ1v) is 8.74. The summed E-state index contributed by atoms with van der Waals surface area (Å²) in [5, 5.41) is 2.72. The van der Waals surface area contributed by atoms with Crippen molar-refractivity contribution in [3.05, 3.63) is 35.9 Å². The Morgan fingerprint density at radius 3 is 2.68 bits per heavy atom. The summed E-state index contributed by atoms with van der Waals surface area (Å²) in [6, 6.07) is 8.58. The molecule has 0 spiro atoms. The van der Waals surface area contributed by atoms with Crippen LogP contribution < -0.4 is 5.32 Å². The minimum absolute atomic E-state index is 0.107. The zero-order valence-electron chi connectivity index (χ0n) is 14.9. The number of hydrogen-bond donors (Lipinski definition) is 1. The minimum atomic E-state index is -0.795. The Morgan fingerprint density at radius 1 is 1.28 bits per heavy atom. The molecule has 1 unspecified atom stereocenters. The summed E-state index contributed by atoms with van der Waals surface area (Å²) in [6.45, 7) is 5.24. The van der Waals surface area contributed by atoms with Crippen LogP contribution in [0.2, 0.25) is 0 Å². The molecule has 25 heavy (non-hydrogen) atoms. The van der Waals surface area contributed by atoms with Crippen LogP contribution in [0.15, 0.2) is 30.3 Å². The van der Waals surface area contributed by atoms with Crippen LogP contribution in [0.4, 0.5) is 0 Å². The van der Waals surface area contributed by atoms with Crippen molar-refractivity contribution < 1.29 is 19.1 Å². The van der Waals surface area contributed by atoms with Crippen LogP contribution in [0.25, 0.3) is 0 Å². The summed E-state index contributed by atoms with van der Waals surface area (Å²) in [4.78, 5) is 38.3. The Bertz CT molecular complexity index is 601. The van der Waals surface area contributed by atoms with Gasteiger partial charge in [-0.1, -0.05) is 44.2 Å². The van der Waals surface area contributed by atoms with Crippen molar-refractivity contribution in [1.29, 1.82) is 0 Å². The quantitative estimate of drug-likeness (QED) is 0.760. The summed E-state index contributed by atoms with van der Waals surface area (Å²) < 4.78 is 5.19. The van der Waals surface area contributed by atoms with Crippen molar-refractivity contribution in [2.45, 2.75) is 39.2 Å². The molecule has 6 heteroatoms. The molecule has 1 atom stereocenters. The van der Waals surface area contributed by atoms with Crippen LogP contribution in [-0.2, 0) is 25.5 Å². The molecule has 0 radical (unpaired) electrons. The number of piperazine rings is 1. The molecule has 1 fully saturated rings. The van der Waals surface area contributed by atoms with Crippen LogP contribution in [0.5, 0.6) is 0 Å². The van der Waals surface area contributed by atoms with Gasteiger partial charge in [-0.3, -0.25) is 14.4 Å². The van der Waals surface area contributed by atoms with Crippen molar-refractivity contribution in [1.82, 2.24) is 10.2 Å². The molecule has 136 valence electrons. The van der Waals surface area contributed by atoms with Crippen molar-refractivity contribution in [3.63, 3.8) is 0 Å². The molecule has 0 bridgehead atoms. The van der Waals surface area contributed by atoms with Gasteiger partial charge in [0.25, 0.3) is 0 Å². The number of benzene rings is 1. The summed E-state index contributed by atoms with van der Waals surface area (Å²) >= 11 is 0. The van der Waals surface area contributed by atoms with E-state index in [1.54, 1.807) is 0 Å². The van der Waals surface area contributed by atoms with E-state index in [-0.39, 0.29) is 24.7 Å². The van der Waals surface area contributed by atoms with Crippen molar-refractivity contribution in [2.75, 3.05) is 19.7 Å². The lowest BCUT2D eigenvalue weighted by molar-refractivity contribution is -0.151. The third-order valence-electron chi connectivity index (χ3n) is 4.17. The maximum atomic E-state index is 12.6. The van der Waals surface area contributed by atoms with Crippen molar-refractivity contribution >= 4 is 17.8 Å². The highest BCUT2D eigenvalue weighted by Crippen LogP contribution is 2.13. The zero-order chi connectivity index (χ0) is 18.2. The van der Waals surface area contributed by atoms with E-state index in [4.69, 9.17) is 4.74 Å². The molecule has 1 N–H and O–H groups in total. The first-order chi connectivity index (χ1) is 12.0. The van der Waals surface area contributed by atoms with Gasteiger partial charge in [0.2, 0.25) is 11.8 Å². The number of amides is 2. The lowest BCUT2D eigenvalue weighted by Gasteiger charge is -2.34. The molecule has 0 aromatic heterocycles. The van der Waals surface area contributed by atoms with Crippen LogP contribution in [0.3, 0.4) is 0 Å². The van der Waals surface area contributed by atoms with E-state index >= 15 is 0 Å². The SMILES string of the molecule is CC(C)CCOC(=O)CC1C(=O)NCCN1C(=O)Cc1ccccc1. The van der Waals surface area contributed by atoms with Crippen LogP contribution in [0.1, 0.15) is 32.3 Å². The molecule has 1 aromatic carbocycles. The summed E-state index contributed by atoms with van der Waals surface area (Å²) in [6.07, 6.45) is 0.886. The molecule has 6 nitrogen and oxygen atoms in total. The topological polar surface area (TPSA) is 75.7 Å². The van der Waals surface area contributed by atoms with Gasteiger partial charge in [-0.05, 0) is 17.9 Å². The molecule has 0 aliphatic carbocycles. The number of nitrogens with zero attached hydrogens (tertiary/aromatic N) is 1. The fourth-order valence-corrected chi connectivity index (χ4v) is 2.71. The first kappa shape index (κ1) is 19.0. The van der Waals surface area contributed by atoms with Gasteiger partial charge in [0.1, 0.15) is 6.04 Å². The molecule has 2 amide bonds. The standard InChI is InChI=1S/C19H26N2O4/c1-14(2)8-11-25-18(23)13-16-19(24)20-9-10-21(16)17(22)12-15-6-4-3-5-7-15/h3-7,14,16H,8-13H2,1-2H3,(H,20,24). The second kappa shape index (κ2) is 9.20. The van der Waals surface area contributed by atoms with Gasteiger partial charge >= 0.3 is 5.97 Å². The number of carbonyl (C=O) groups excluding carboxylic acids is 3. The van der Waals surface area contributed by atoms with Gasteiger partial charge in [-0.2, -0.15) is 0 Å². The molecular formula is C19H26N2O4. The summed E-state index contributed by atoms with van der Waals surface area (Å²) in [7, 11) is 0. The zero-order valence-corrected chi connectivity index (χ0v) is 14.9. The van der Waals surface area contributed by atoms with E-state index in [0.717, 1.165) is 12.0 Å². The van der Waals surface area contributed by atoms with Gasteiger partial charge < -0.3 is 15.0 Å². The lowest BCUT2D eigenvalue weighted by Crippen LogP contribution is -2.58.